The number of amides is 1. The predicted molar refractivity (Wildman–Crippen MR) is 119 cm³/mol. The number of benzene rings is 2. The van der Waals surface area contributed by atoms with Crippen LogP contribution in [-0.4, -0.2) is 40.5 Å². The SMILES string of the molecule is Cc1c(C(N)=O)ccc2[nH]c(CCCOc3cccc(CN4CCCCC4)c3)nc12. The van der Waals surface area contributed by atoms with Crippen LogP contribution in [0, 0.1) is 6.92 Å². The van der Waals surface area contributed by atoms with Crippen LogP contribution in [0.1, 0.15) is 53.0 Å². The third kappa shape index (κ3) is 4.82. The number of imidazole rings is 1. The number of ether oxygens (including phenoxy) is 1. The van der Waals surface area contributed by atoms with Gasteiger partial charge in [-0.1, -0.05) is 18.6 Å². The standard InChI is InChI=1S/C24H30N4O2/c1-17-20(24(25)29)10-11-21-23(17)27-22(26-21)9-6-14-30-19-8-5-7-18(15-19)16-28-12-3-2-4-13-28/h5,7-8,10-11,15H,2-4,6,9,12-14,16H2,1H3,(H2,25,29)(H,26,27). The largest absolute Gasteiger partial charge is 0.494 e. The van der Waals surface area contributed by atoms with E-state index in [2.05, 4.69) is 33.1 Å². The Labute approximate surface area is 177 Å². The molecule has 0 saturated carbocycles. The lowest BCUT2D eigenvalue weighted by molar-refractivity contribution is 0.1000. The van der Waals surface area contributed by atoms with Crippen LogP contribution in [-0.2, 0) is 13.0 Å². The molecular formula is C24H30N4O2. The summed E-state index contributed by atoms with van der Waals surface area (Å²) in [5.41, 5.74) is 9.83. The van der Waals surface area contributed by atoms with Crippen molar-refractivity contribution in [3.05, 3.63) is 58.9 Å². The molecule has 2 heterocycles. The maximum Gasteiger partial charge on any atom is 0.249 e. The number of primary amides is 1. The second kappa shape index (κ2) is 9.30. The number of carbonyl (C=O) groups is 1. The molecule has 1 aromatic heterocycles. The third-order valence-electron chi connectivity index (χ3n) is 5.80. The summed E-state index contributed by atoms with van der Waals surface area (Å²) >= 11 is 0. The van der Waals surface area contributed by atoms with Crippen molar-refractivity contribution in [3.63, 3.8) is 0 Å². The zero-order chi connectivity index (χ0) is 20.9. The van der Waals surface area contributed by atoms with Crippen molar-refractivity contribution >= 4 is 16.9 Å². The molecule has 30 heavy (non-hydrogen) atoms. The van der Waals surface area contributed by atoms with Crippen molar-refractivity contribution in [2.45, 2.75) is 45.6 Å². The van der Waals surface area contributed by atoms with Gasteiger partial charge in [-0.3, -0.25) is 9.69 Å². The number of likely N-dealkylation sites (tertiary alicyclic amines) is 1. The molecular weight excluding hydrogens is 376 g/mol. The number of nitrogens with two attached hydrogens (primary N) is 1. The monoisotopic (exact) mass is 406 g/mol. The first-order valence-electron chi connectivity index (χ1n) is 10.8. The quantitative estimate of drug-likeness (QED) is 0.555. The summed E-state index contributed by atoms with van der Waals surface area (Å²) in [5, 5.41) is 0. The second-order valence-electron chi connectivity index (χ2n) is 8.12. The average molecular weight is 407 g/mol. The number of aryl methyl sites for hydroxylation is 2. The van der Waals surface area contributed by atoms with Crippen molar-refractivity contribution in [2.75, 3.05) is 19.7 Å². The third-order valence-corrected chi connectivity index (χ3v) is 5.80. The van der Waals surface area contributed by atoms with Gasteiger partial charge in [0.25, 0.3) is 0 Å². The average Bonchev–Trinajstić information content (AvgIpc) is 3.16. The van der Waals surface area contributed by atoms with Gasteiger partial charge in [0.1, 0.15) is 11.6 Å². The van der Waals surface area contributed by atoms with Crippen LogP contribution in [0.25, 0.3) is 11.0 Å². The van der Waals surface area contributed by atoms with E-state index >= 15 is 0 Å². The fourth-order valence-corrected chi connectivity index (χ4v) is 4.19. The number of hydrogen-bond acceptors (Lipinski definition) is 4. The number of nitrogens with zero attached hydrogens (tertiary/aromatic N) is 2. The molecule has 0 aliphatic carbocycles. The molecule has 0 spiro atoms. The van der Waals surface area contributed by atoms with Gasteiger partial charge in [0.15, 0.2) is 0 Å². The number of piperidine rings is 1. The maximum atomic E-state index is 11.5. The Morgan fingerprint density at radius 2 is 2.03 bits per heavy atom. The van der Waals surface area contributed by atoms with E-state index in [1.807, 2.05) is 19.1 Å². The first kappa shape index (κ1) is 20.4. The fraction of sp³-hybridized carbons (Fsp3) is 0.417. The minimum Gasteiger partial charge on any atom is -0.494 e. The first-order chi connectivity index (χ1) is 14.6. The predicted octanol–water partition coefficient (Wildman–Crippen LogP) is 3.97. The Balaban J connectivity index is 1.30. The highest BCUT2D eigenvalue weighted by molar-refractivity contribution is 5.98. The molecule has 1 aliphatic heterocycles. The van der Waals surface area contributed by atoms with Crippen LogP contribution >= 0.6 is 0 Å². The Hall–Kier alpha value is -2.86. The number of H-pyrrole nitrogens is 1. The molecule has 6 heteroatoms. The lowest BCUT2D eigenvalue weighted by Crippen LogP contribution is -2.29. The molecule has 1 aliphatic rings. The summed E-state index contributed by atoms with van der Waals surface area (Å²) in [7, 11) is 0. The van der Waals surface area contributed by atoms with E-state index in [1.165, 1.54) is 37.9 Å². The molecule has 1 fully saturated rings. The van der Waals surface area contributed by atoms with Crippen LogP contribution in [0.5, 0.6) is 5.75 Å². The number of hydrogen-bond donors (Lipinski definition) is 2. The van der Waals surface area contributed by atoms with E-state index in [1.54, 1.807) is 6.07 Å². The van der Waals surface area contributed by atoms with Crippen molar-refractivity contribution in [1.82, 2.24) is 14.9 Å². The highest BCUT2D eigenvalue weighted by Crippen LogP contribution is 2.21. The molecule has 0 bridgehead atoms. The van der Waals surface area contributed by atoms with Gasteiger partial charge in [-0.05, 0) is 74.7 Å². The lowest BCUT2D eigenvalue weighted by atomic mass is 10.1. The number of rotatable bonds is 8. The summed E-state index contributed by atoms with van der Waals surface area (Å²) < 4.78 is 5.98. The number of fused-ring (bicyclic) bond motifs is 1. The molecule has 158 valence electrons. The van der Waals surface area contributed by atoms with E-state index in [0.717, 1.165) is 47.6 Å². The molecule has 3 aromatic rings. The van der Waals surface area contributed by atoms with Gasteiger partial charge in [0, 0.05) is 18.5 Å². The van der Waals surface area contributed by atoms with Crippen LogP contribution in [0.3, 0.4) is 0 Å². The van der Waals surface area contributed by atoms with Gasteiger partial charge in [-0.2, -0.15) is 0 Å². The van der Waals surface area contributed by atoms with E-state index < -0.39 is 5.91 Å². The topological polar surface area (TPSA) is 84.2 Å². The Bertz CT molecular complexity index is 1020. The second-order valence-corrected chi connectivity index (χ2v) is 8.12. The Morgan fingerprint density at radius 3 is 2.83 bits per heavy atom. The van der Waals surface area contributed by atoms with Gasteiger partial charge >= 0.3 is 0 Å². The zero-order valence-corrected chi connectivity index (χ0v) is 17.6. The van der Waals surface area contributed by atoms with E-state index in [9.17, 15) is 4.79 Å². The number of carbonyl (C=O) groups excluding carboxylic acids is 1. The number of aromatic amines is 1. The van der Waals surface area contributed by atoms with Crippen molar-refractivity contribution < 1.29 is 9.53 Å². The van der Waals surface area contributed by atoms with Gasteiger partial charge < -0.3 is 15.5 Å². The molecule has 1 amide bonds. The molecule has 0 radical (unpaired) electrons. The fourth-order valence-electron chi connectivity index (χ4n) is 4.19. The summed E-state index contributed by atoms with van der Waals surface area (Å²) in [6.45, 7) is 5.91. The van der Waals surface area contributed by atoms with Crippen LogP contribution in [0.15, 0.2) is 36.4 Å². The highest BCUT2D eigenvalue weighted by Gasteiger charge is 2.12. The van der Waals surface area contributed by atoms with Crippen molar-refractivity contribution in [1.29, 1.82) is 0 Å². The van der Waals surface area contributed by atoms with Crippen LogP contribution in [0.4, 0.5) is 0 Å². The van der Waals surface area contributed by atoms with Gasteiger partial charge in [-0.15, -0.1) is 0 Å². The highest BCUT2D eigenvalue weighted by atomic mass is 16.5. The minimum atomic E-state index is -0.421. The Morgan fingerprint density at radius 1 is 1.20 bits per heavy atom. The smallest absolute Gasteiger partial charge is 0.249 e. The molecule has 3 N–H and O–H groups in total. The molecule has 4 rings (SSSR count). The summed E-state index contributed by atoms with van der Waals surface area (Å²) in [6, 6.07) is 12.1. The normalized spacial score (nSPS) is 14.8. The number of nitrogens with one attached hydrogen (secondary N) is 1. The lowest BCUT2D eigenvalue weighted by Gasteiger charge is -2.26. The van der Waals surface area contributed by atoms with Gasteiger partial charge in [-0.25, -0.2) is 4.98 Å². The molecule has 0 atom stereocenters. The molecule has 1 saturated heterocycles. The van der Waals surface area contributed by atoms with Gasteiger partial charge in [0.05, 0.1) is 17.6 Å². The van der Waals surface area contributed by atoms with Crippen molar-refractivity contribution in [3.8, 4) is 5.75 Å². The number of aromatic nitrogens is 2. The molecule has 0 unspecified atom stereocenters. The molecule has 6 nitrogen and oxygen atoms in total. The van der Waals surface area contributed by atoms with Crippen molar-refractivity contribution in [2.24, 2.45) is 5.73 Å². The summed E-state index contributed by atoms with van der Waals surface area (Å²) in [4.78, 5) is 22.0. The van der Waals surface area contributed by atoms with E-state index in [-0.39, 0.29) is 0 Å². The maximum absolute atomic E-state index is 11.5. The minimum absolute atomic E-state index is 0.421. The zero-order valence-electron chi connectivity index (χ0n) is 17.6. The molecule has 2 aromatic carbocycles. The van der Waals surface area contributed by atoms with E-state index in [4.69, 9.17) is 10.5 Å². The van der Waals surface area contributed by atoms with Crippen LogP contribution < -0.4 is 10.5 Å². The van der Waals surface area contributed by atoms with Crippen LogP contribution in [0.2, 0.25) is 0 Å². The Kier molecular flexibility index (Phi) is 6.33. The summed E-state index contributed by atoms with van der Waals surface area (Å²) in [6.07, 6.45) is 5.62. The van der Waals surface area contributed by atoms with E-state index in [0.29, 0.717) is 12.2 Å². The summed E-state index contributed by atoms with van der Waals surface area (Å²) in [5.74, 6) is 1.41. The van der Waals surface area contributed by atoms with Gasteiger partial charge in [0.2, 0.25) is 5.91 Å². The first-order valence-corrected chi connectivity index (χ1v) is 10.8.